The predicted octanol–water partition coefficient (Wildman–Crippen LogP) is 2.36. The molecular weight excluding hydrogens is 245 g/mol. The molecule has 1 aromatic carbocycles. The molecule has 1 radical (unpaired) electrons. The zero-order chi connectivity index (χ0) is 10.3. The van der Waals surface area contributed by atoms with Crippen LogP contribution in [-0.4, -0.2) is 9.97 Å². The molecule has 0 atom stereocenters. The number of anilines is 1. The predicted molar refractivity (Wildman–Crippen MR) is 61.5 cm³/mol. The zero-order valence-corrected chi connectivity index (χ0v) is 9.39. The van der Waals surface area contributed by atoms with Crippen LogP contribution in [0.1, 0.15) is 0 Å². The second kappa shape index (κ2) is 4.07. The third-order valence-electron chi connectivity index (χ3n) is 2.49. The molecule has 0 spiro atoms. The summed E-state index contributed by atoms with van der Waals surface area (Å²) in [6.45, 7) is 0. The molecule has 0 saturated carbocycles. The van der Waals surface area contributed by atoms with Gasteiger partial charge in [-0.3, -0.25) is 9.97 Å². The Morgan fingerprint density at radius 2 is 1.62 bits per heavy atom. The summed E-state index contributed by atoms with van der Waals surface area (Å²) >= 11 is 0. The molecule has 0 fully saturated rings. The fraction of sp³-hybridized carbons (Fsp3) is 0. The number of rotatable bonds is 0. The van der Waals surface area contributed by atoms with Crippen molar-refractivity contribution in [3.63, 3.8) is 0 Å². The molecule has 4 heteroatoms. The van der Waals surface area contributed by atoms with E-state index in [0.717, 1.165) is 27.5 Å². The Hall–Kier alpha value is -1.65. The van der Waals surface area contributed by atoms with E-state index in [2.05, 4.69) is 9.97 Å². The Balaban J connectivity index is 0.000000963. The first-order valence-electron chi connectivity index (χ1n) is 4.74. The number of hydrogen-bond donors (Lipinski definition) is 1. The van der Waals surface area contributed by atoms with Crippen molar-refractivity contribution in [1.29, 1.82) is 0 Å². The minimum atomic E-state index is 0. The molecule has 3 aromatic rings. The molecule has 81 valence electrons. The molecule has 0 aliphatic heterocycles. The number of benzene rings is 1. The van der Waals surface area contributed by atoms with Crippen LogP contribution in [0.5, 0.6) is 0 Å². The fourth-order valence-electron chi connectivity index (χ4n) is 1.80. The zero-order valence-electron chi connectivity index (χ0n) is 8.35. The van der Waals surface area contributed by atoms with E-state index in [4.69, 9.17) is 5.73 Å². The van der Waals surface area contributed by atoms with Crippen molar-refractivity contribution < 1.29 is 16.8 Å². The molecule has 0 saturated heterocycles. The minimum absolute atomic E-state index is 0. The van der Waals surface area contributed by atoms with Crippen molar-refractivity contribution in [2.45, 2.75) is 0 Å². The second-order valence-electron chi connectivity index (χ2n) is 3.44. The van der Waals surface area contributed by atoms with Crippen molar-refractivity contribution in [3.8, 4) is 0 Å². The normalized spacial score (nSPS) is 10.2. The number of hydrogen-bond acceptors (Lipinski definition) is 3. The van der Waals surface area contributed by atoms with E-state index in [9.17, 15) is 0 Å². The molecule has 16 heavy (non-hydrogen) atoms. The average molecular weight is 254 g/mol. The molecule has 0 aliphatic carbocycles. The van der Waals surface area contributed by atoms with Gasteiger partial charge in [0.15, 0.2) is 0 Å². The summed E-state index contributed by atoms with van der Waals surface area (Å²) in [5.41, 5.74) is 8.48. The molecule has 0 amide bonds. The maximum absolute atomic E-state index is 5.95. The molecule has 3 rings (SSSR count). The Kier molecular flexibility index (Phi) is 2.76. The molecule has 0 unspecified atom stereocenters. The van der Waals surface area contributed by atoms with Crippen LogP contribution in [0.15, 0.2) is 42.7 Å². The van der Waals surface area contributed by atoms with Gasteiger partial charge in [0.25, 0.3) is 0 Å². The number of fused-ring (bicyclic) bond motifs is 3. The minimum Gasteiger partial charge on any atom is -0.398 e. The molecule has 0 aliphatic rings. The van der Waals surface area contributed by atoms with Crippen LogP contribution < -0.4 is 5.73 Å². The second-order valence-corrected chi connectivity index (χ2v) is 3.44. The van der Waals surface area contributed by atoms with Gasteiger partial charge in [-0.15, -0.1) is 0 Å². The number of nitrogens with two attached hydrogens (primary N) is 1. The Morgan fingerprint density at radius 1 is 0.938 bits per heavy atom. The quantitative estimate of drug-likeness (QED) is 0.495. The summed E-state index contributed by atoms with van der Waals surface area (Å²) in [7, 11) is 0. The van der Waals surface area contributed by atoms with Gasteiger partial charge < -0.3 is 5.73 Å². The largest absolute Gasteiger partial charge is 0.398 e. The van der Waals surface area contributed by atoms with E-state index < -0.39 is 0 Å². The molecular formula is C12H9CoN3. The summed E-state index contributed by atoms with van der Waals surface area (Å²) in [5.74, 6) is 0. The van der Waals surface area contributed by atoms with E-state index in [1.54, 1.807) is 12.4 Å². The number of aromatic nitrogens is 2. The van der Waals surface area contributed by atoms with Crippen molar-refractivity contribution in [3.05, 3.63) is 42.7 Å². The van der Waals surface area contributed by atoms with Crippen LogP contribution in [0.3, 0.4) is 0 Å². The Bertz CT molecular complexity index is 652. The summed E-state index contributed by atoms with van der Waals surface area (Å²) in [4.78, 5) is 8.66. The number of nitrogens with zero attached hydrogens (tertiary/aromatic N) is 2. The maximum Gasteiger partial charge on any atom is 0.0985 e. The summed E-state index contributed by atoms with van der Waals surface area (Å²) in [5, 5.41) is 1.99. The van der Waals surface area contributed by atoms with Gasteiger partial charge >= 0.3 is 0 Å². The van der Waals surface area contributed by atoms with Crippen molar-refractivity contribution in [2.24, 2.45) is 0 Å². The Labute approximate surface area is 103 Å². The van der Waals surface area contributed by atoms with E-state index in [0.29, 0.717) is 0 Å². The van der Waals surface area contributed by atoms with Crippen molar-refractivity contribution >= 4 is 27.5 Å². The molecule has 0 bridgehead atoms. The van der Waals surface area contributed by atoms with E-state index in [1.165, 1.54) is 0 Å². The maximum atomic E-state index is 5.95. The molecule has 2 aromatic heterocycles. The van der Waals surface area contributed by atoms with Gasteiger partial charge in [0.1, 0.15) is 0 Å². The van der Waals surface area contributed by atoms with E-state index in [1.807, 2.05) is 30.3 Å². The molecule has 2 heterocycles. The number of nitrogen functional groups attached to an aromatic ring is 1. The van der Waals surface area contributed by atoms with Crippen LogP contribution in [0, 0.1) is 0 Å². The van der Waals surface area contributed by atoms with Gasteiger partial charge in [0.05, 0.1) is 11.0 Å². The van der Waals surface area contributed by atoms with Gasteiger partial charge in [-0.25, -0.2) is 0 Å². The van der Waals surface area contributed by atoms with Gasteiger partial charge in [0, 0.05) is 45.6 Å². The topological polar surface area (TPSA) is 51.8 Å². The molecule has 3 nitrogen and oxygen atoms in total. The van der Waals surface area contributed by atoms with Gasteiger partial charge in [-0.1, -0.05) is 6.07 Å². The molecule has 2 N–H and O–H groups in total. The monoisotopic (exact) mass is 254 g/mol. The van der Waals surface area contributed by atoms with Crippen LogP contribution in [-0.2, 0) is 16.8 Å². The van der Waals surface area contributed by atoms with Gasteiger partial charge in [-0.05, 0) is 24.3 Å². The summed E-state index contributed by atoms with van der Waals surface area (Å²) < 4.78 is 0. The van der Waals surface area contributed by atoms with Crippen LogP contribution in [0.2, 0.25) is 0 Å². The fourth-order valence-corrected chi connectivity index (χ4v) is 1.80. The SMILES string of the molecule is Nc1cc2cccnc2c2ncccc12.[Co]. The first-order chi connectivity index (χ1) is 7.36. The first kappa shape index (κ1) is 10.9. The van der Waals surface area contributed by atoms with Crippen molar-refractivity contribution in [2.75, 3.05) is 5.73 Å². The van der Waals surface area contributed by atoms with Gasteiger partial charge in [0.2, 0.25) is 0 Å². The summed E-state index contributed by atoms with van der Waals surface area (Å²) in [6, 6.07) is 9.68. The smallest absolute Gasteiger partial charge is 0.0985 e. The third-order valence-corrected chi connectivity index (χ3v) is 2.49. The summed E-state index contributed by atoms with van der Waals surface area (Å²) in [6.07, 6.45) is 3.53. The van der Waals surface area contributed by atoms with Gasteiger partial charge in [-0.2, -0.15) is 0 Å². The van der Waals surface area contributed by atoms with E-state index >= 15 is 0 Å². The van der Waals surface area contributed by atoms with Crippen LogP contribution in [0.4, 0.5) is 5.69 Å². The number of pyridine rings is 2. The van der Waals surface area contributed by atoms with E-state index in [-0.39, 0.29) is 16.8 Å². The first-order valence-corrected chi connectivity index (χ1v) is 4.74. The van der Waals surface area contributed by atoms with Crippen molar-refractivity contribution in [1.82, 2.24) is 9.97 Å². The third kappa shape index (κ3) is 1.52. The Morgan fingerprint density at radius 3 is 2.44 bits per heavy atom. The standard InChI is InChI=1S/C12H9N3.Co/c13-10-7-8-3-1-5-14-11(8)12-9(10)4-2-6-15-12;/h1-7H,13H2;. The van der Waals surface area contributed by atoms with Crippen LogP contribution >= 0.6 is 0 Å². The van der Waals surface area contributed by atoms with Crippen LogP contribution in [0.25, 0.3) is 21.8 Å². The average Bonchev–Trinajstić information content (AvgIpc) is 2.30.